The fourth-order valence-corrected chi connectivity index (χ4v) is 2.67. The predicted molar refractivity (Wildman–Crippen MR) is 65.7 cm³/mol. The number of carbonyl (C=O) groups is 2. The first-order valence-electron chi connectivity index (χ1n) is 6.45. The molecule has 0 radical (unpaired) electrons. The van der Waals surface area contributed by atoms with Gasteiger partial charge in [-0.05, 0) is 25.2 Å². The number of aliphatic carboxylic acids is 1. The highest BCUT2D eigenvalue weighted by Gasteiger charge is 2.36. The number of carboxylic acid groups (broad SMARTS) is 1. The van der Waals surface area contributed by atoms with Crippen LogP contribution in [0.4, 0.5) is 0 Å². The van der Waals surface area contributed by atoms with Crippen LogP contribution >= 0.6 is 0 Å². The molecular weight excluding hydrogens is 218 g/mol. The number of amides is 1. The Hall–Kier alpha value is -1.06. The van der Waals surface area contributed by atoms with Crippen molar-refractivity contribution in [1.29, 1.82) is 0 Å². The van der Waals surface area contributed by atoms with Gasteiger partial charge in [0.15, 0.2) is 0 Å². The zero-order valence-electron chi connectivity index (χ0n) is 10.9. The van der Waals surface area contributed by atoms with Gasteiger partial charge in [-0.25, -0.2) is 0 Å². The predicted octanol–water partition coefficient (Wildman–Crippen LogP) is 2.28. The van der Waals surface area contributed by atoms with E-state index in [0.717, 1.165) is 25.7 Å². The normalized spacial score (nSPS) is 18.7. The van der Waals surface area contributed by atoms with Gasteiger partial charge >= 0.3 is 5.97 Å². The largest absolute Gasteiger partial charge is 0.481 e. The molecule has 4 heteroatoms. The molecule has 0 aromatic heterocycles. The molecule has 0 aliphatic heterocycles. The second-order valence-corrected chi connectivity index (χ2v) is 5.22. The first-order valence-corrected chi connectivity index (χ1v) is 6.45. The van der Waals surface area contributed by atoms with Gasteiger partial charge in [0.2, 0.25) is 5.91 Å². The minimum atomic E-state index is -0.779. The van der Waals surface area contributed by atoms with Crippen LogP contribution in [0.3, 0.4) is 0 Å². The quantitative estimate of drug-likeness (QED) is 0.803. The molecule has 17 heavy (non-hydrogen) atoms. The summed E-state index contributed by atoms with van der Waals surface area (Å²) >= 11 is 0. The van der Waals surface area contributed by atoms with Crippen LogP contribution in [0.2, 0.25) is 0 Å². The smallest absolute Gasteiger partial charge is 0.303 e. The average Bonchev–Trinajstić information content (AvgIpc) is 2.27. The molecule has 98 valence electrons. The van der Waals surface area contributed by atoms with E-state index in [1.165, 1.54) is 6.42 Å². The van der Waals surface area contributed by atoms with Gasteiger partial charge < -0.3 is 10.0 Å². The zero-order valence-corrected chi connectivity index (χ0v) is 10.9. The van der Waals surface area contributed by atoms with Crippen molar-refractivity contribution in [2.24, 2.45) is 5.41 Å². The van der Waals surface area contributed by atoms with Gasteiger partial charge in [0, 0.05) is 20.0 Å². The van der Waals surface area contributed by atoms with Gasteiger partial charge in [-0.3, -0.25) is 9.59 Å². The van der Waals surface area contributed by atoms with Crippen LogP contribution in [0.1, 0.15) is 51.9 Å². The standard InChI is InChI=1S/C13H23NO3/c1-3-14(2)11(15)9-13(10-12(16)17)7-5-4-6-8-13/h3-10H2,1-2H3,(H,16,17). The zero-order chi connectivity index (χ0) is 12.9. The van der Waals surface area contributed by atoms with Gasteiger partial charge in [0.25, 0.3) is 0 Å². The lowest BCUT2D eigenvalue weighted by molar-refractivity contribution is -0.142. The van der Waals surface area contributed by atoms with Crippen molar-refractivity contribution >= 4 is 11.9 Å². The van der Waals surface area contributed by atoms with Crippen molar-refractivity contribution in [3.63, 3.8) is 0 Å². The summed E-state index contributed by atoms with van der Waals surface area (Å²) in [7, 11) is 1.78. The van der Waals surface area contributed by atoms with Crippen LogP contribution in [-0.4, -0.2) is 35.5 Å². The summed E-state index contributed by atoms with van der Waals surface area (Å²) < 4.78 is 0. The molecule has 1 aliphatic carbocycles. The number of nitrogens with zero attached hydrogens (tertiary/aromatic N) is 1. The van der Waals surface area contributed by atoms with Crippen molar-refractivity contribution in [3.8, 4) is 0 Å². The fourth-order valence-electron chi connectivity index (χ4n) is 2.67. The molecule has 0 spiro atoms. The fraction of sp³-hybridized carbons (Fsp3) is 0.846. The maximum atomic E-state index is 12.0. The van der Waals surface area contributed by atoms with Crippen molar-refractivity contribution in [3.05, 3.63) is 0 Å². The summed E-state index contributed by atoms with van der Waals surface area (Å²) in [6.07, 6.45) is 5.55. The first-order chi connectivity index (χ1) is 7.99. The van der Waals surface area contributed by atoms with E-state index in [1.54, 1.807) is 11.9 Å². The van der Waals surface area contributed by atoms with E-state index >= 15 is 0 Å². The van der Waals surface area contributed by atoms with Crippen molar-refractivity contribution < 1.29 is 14.7 Å². The van der Waals surface area contributed by atoms with E-state index in [2.05, 4.69) is 0 Å². The summed E-state index contributed by atoms with van der Waals surface area (Å²) in [5.74, 6) is -0.700. The molecule has 4 nitrogen and oxygen atoms in total. The van der Waals surface area contributed by atoms with Gasteiger partial charge in [0.1, 0.15) is 0 Å². The van der Waals surface area contributed by atoms with Gasteiger partial charge in [0.05, 0.1) is 6.42 Å². The van der Waals surface area contributed by atoms with E-state index in [9.17, 15) is 9.59 Å². The van der Waals surface area contributed by atoms with E-state index < -0.39 is 5.97 Å². The molecule has 1 N–H and O–H groups in total. The third-order valence-corrected chi connectivity index (χ3v) is 3.87. The topological polar surface area (TPSA) is 57.6 Å². The highest BCUT2D eigenvalue weighted by Crippen LogP contribution is 2.42. The molecule has 1 saturated carbocycles. The summed E-state index contributed by atoms with van der Waals surface area (Å²) in [5.41, 5.74) is -0.287. The summed E-state index contributed by atoms with van der Waals surface area (Å²) in [6.45, 7) is 2.62. The van der Waals surface area contributed by atoms with Gasteiger partial charge in [-0.1, -0.05) is 19.3 Å². The lowest BCUT2D eigenvalue weighted by Gasteiger charge is -2.36. The van der Waals surface area contributed by atoms with Crippen LogP contribution in [0, 0.1) is 5.41 Å². The molecular formula is C13H23NO3. The molecule has 0 heterocycles. The molecule has 1 aliphatic rings. The molecule has 1 amide bonds. The SMILES string of the molecule is CCN(C)C(=O)CC1(CC(=O)O)CCCCC1. The third kappa shape index (κ3) is 4.02. The number of carboxylic acids is 1. The number of hydrogen-bond acceptors (Lipinski definition) is 2. The highest BCUT2D eigenvalue weighted by atomic mass is 16.4. The maximum absolute atomic E-state index is 12.0. The molecule has 0 bridgehead atoms. The Morgan fingerprint density at radius 2 is 1.76 bits per heavy atom. The van der Waals surface area contributed by atoms with E-state index in [1.807, 2.05) is 6.92 Å². The van der Waals surface area contributed by atoms with Crippen molar-refractivity contribution in [2.45, 2.75) is 51.9 Å². The second kappa shape index (κ2) is 6.03. The number of carbonyl (C=O) groups excluding carboxylic acids is 1. The lowest BCUT2D eigenvalue weighted by atomic mass is 9.69. The molecule has 0 aromatic carbocycles. The minimum Gasteiger partial charge on any atom is -0.481 e. The molecule has 0 unspecified atom stereocenters. The second-order valence-electron chi connectivity index (χ2n) is 5.22. The van der Waals surface area contributed by atoms with Crippen LogP contribution < -0.4 is 0 Å². The maximum Gasteiger partial charge on any atom is 0.303 e. The summed E-state index contributed by atoms with van der Waals surface area (Å²) in [5, 5.41) is 9.01. The summed E-state index contributed by atoms with van der Waals surface area (Å²) in [6, 6.07) is 0. The van der Waals surface area contributed by atoms with Crippen molar-refractivity contribution in [1.82, 2.24) is 4.90 Å². The Balaban J connectivity index is 2.69. The van der Waals surface area contributed by atoms with E-state index in [-0.39, 0.29) is 17.7 Å². The van der Waals surface area contributed by atoms with E-state index in [4.69, 9.17) is 5.11 Å². The molecule has 0 saturated heterocycles. The minimum absolute atomic E-state index is 0.0793. The van der Waals surface area contributed by atoms with Gasteiger partial charge in [-0.15, -0.1) is 0 Å². The monoisotopic (exact) mass is 241 g/mol. The number of rotatable bonds is 5. The third-order valence-electron chi connectivity index (χ3n) is 3.87. The van der Waals surface area contributed by atoms with Crippen LogP contribution in [-0.2, 0) is 9.59 Å². The highest BCUT2D eigenvalue weighted by molar-refractivity contribution is 5.78. The van der Waals surface area contributed by atoms with Crippen LogP contribution in [0.15, 0.2) is 0 Å². The Morgan fingerprint density at radius 1 is 1.18 bits per heavy atom. The Kier molecular flexibility index (Phi) is 4.97. The molecule has 0 aromatic rings. The molecule has 0 atom stereocenters. The van der Waals surface area contributed by atoms with Crippen LogP contribution in [0.5, 0.6) is 0 Å². The Morgan fingerprint density at radius 3 is 2.24 bits per heavy atom. The van der Waals surface area contributed by atoms with Crippen molar-refractivity contribution in [2.75, 3.05) is 13.6 Å². The Bertz CT molecular complexity index is 282. The lowest BCUT2D eigenvalue weighted by Crippen LogP contribution is -2.36. The first kappa shape index (κ1) is 14.0. The van der Waals surface area contributed by atoms with Gasteiger partial charge in [-0.2, -0.15) is 0 Å². The average molecular weight is 241 g/mol. The van der Waals surface area contributed by atoms with Crippen LogP contribution in [0.25, 0.3) is 0 Å². The Labute approximate surface area is 103 Å². The number of hydrogen-bond donors (Lipinski definition) is 1. The molecule has 1 rings (SSSR count). The van der Waals surface area contributed by atoms with E-state index in [0.29, 0.717) is 13.0 Å². The molecule has 1 fully saturated rings. The summed E-state index contributed by atoms with van der Waals surface area (Å²) in [4.78, 5) is 24.6.